The summed E-state index contributed by atoms with van der Waals surface area (Å²) in [5.41, 5.74) is 1.03. The Balaban J connectivity index is 1.70. The van der Waals surface area contributed by atoms with Gasteiger partial charge in [0.1, 0.15) is 5.75 Å². The van der Waals surface area contributed by atoms with E-state index in [1.54, 1.807) is 24.3 Å². The average Bonchev–Trinajstić information content (AvgIpc) is 2.70. The van der Waals surface area contributed by atoms with Crippen molar-refractivity contribution in [2.75, 3.05) is 17.1 Å². The summed E-state index contributed by atoms with van der Waals surface area (Å²) in [4.78, 5) is 11.9. The minimum Gasteiger partial charge on any atom is -0.497 e. The second kappa shape index (κ2) is 8.27. The predicted molar refractivity (Wildman–Crippen MR) is 105 cm³/mol. The number of ether oxygens (including phenoxy) is 1. The van der Waals surface area contributed by atoms with Crippen molar-refractivity contribution in [3.63, 3.8) is 0 Å². The highest BCUT2D eigenvalue weighted by Crippen LogP contribution is 2.20. The molecule has 29 heavy (non-hydrogen) atoms. The van der Waals surface area contributed by atoms with Gasteiger partial charge in [0.05, 0.1) is 12.0 Å². The van der Waals surface area contributed by atoms with Crippen LogP contribution in [0.5, 0.6) is 5.75 Å². The molecule has 0 aliphatic rings. The van der Waals surface area contributed by atoms with E-state index in [0.29, 0.717) is 23.1 Å². The summed E-state index contributed by atoms with van der Waals surface area (Å²) < 4.78 is 58.2. The zero-order chi connectivity index (χ0) is 21.0. The van der Waals surface area contributed by atoms with Gasteiger partial charge in [0.25, 0.3) is 15.9 Å². The molecule has 150 valence electrons. The maximum atomic E-state index is 13.3. The Labute approximate surface area is 166 Å². The van der Waals surface area contributed by atoms with Gasteiger partial charge in [-0.15, -0.1) is 0 Å². The Hall–Kier alpha value is -3.46. The monoisotopic (exact) mass is 418 g/mol. The number of nitrogens with one attached hydrogen (secondary N) is 2. The van der Waals surface area contributed by atoms with Crippen LogP contribution in [0, 0.1) is 11.6 Å². The van der Waals surface area contributed by atoms with Crippen LogP contribution >= 0.6 is 0 Å². The predicted octanol–water partition coefficient (Wildman–Crippen LogP) is 4.03. The normalized spacial score (nSPS) is 11.0. The van der Waals surface area contributed by atoms with Gasteiger partial charge in [-0.3, -0.25) is 9.52 Å². The summed E-state index contributed by atoms with van der Waals surface area (Å²) in [6.07, 6.45) is 0. The van der Waals surface area contributed by atoms with Gasteiger partial charge >= 0.3 is 0 Å². The number of halogens is 2. The number of hydrogen-bond donors (Lipinski definition) is 2. The largest absolute Gasteiger partial charge is 0.497 e. The van der Waals surface area contributed by atoms with E-state index >= 15 is 0 Å². The van der Waals surface area contributed by atoms with Gasteiger partial charge in [-0.25, -0.2) is 17.2 Å². The molecule has 3 aromatic carbocycles. The van der Waals surface area contributed by atoms with E-state index in [1.165, 1.54) is 31.4 Å². The lowest BCUT2D eigenvalue weighted by molar-refractivity contribution is 0.102. The Morgan fingerprint density at radius 2 is 1.48 bits per heavy atom. The molecule has 0 unspecified atom stereocenters. The summed E-state index contributed by atoms with van der Waals surface area (Å²) in [6.45, 7) is 0. The van der Waals surface area contributed by atoms with Gasteiger partial charge in [0.2, 0.25) is 0 Å². The fraction of sp³-hybridized carbons (Fsp3) is 0.0500. The van der Waals surface area contributed by atoms with Crippen molar-refractivity contribution in [3.8, 4) is 5.75 Å². The van der Waals surface area contributed by atoms with Gasteiger partial charge < -0.3 is 10.1 Å². The first-order chi connectivity index (χ1) is 13.8. The Bertz CT molecular complexity index is 1130. The van der Waals surface area contributed by atoms with Crippen molar-refractivity contribution in [2.24, 2.45) is 0 Å². The van der Waals surface area contributed by atoms with Crippen LogP contribution in [0.1, 0.15) is 10.4 Å². The molecule has 6 nitrogen and oxygen atoms in total. The SMILES string of the molecule is COc1ccc(NC(=O)c2ccc(NS(=O)(=O)c3ccc(F)c(F)c3)cc2)cc1. The number of methoxy groups -OCH3 is 1. The Morgan fingerprint density at radius 1 is 0.862 bits per heavy atom. The molecule has 3 aromatic rings. The molecular weight excluding hydrogens is 402 g/mol. The highest BCUT2D eigenvalue weighted by atomic mass is 32.2. The number of anilines is 2. The third-order valence-corrected chi connectivity index (χ3v) is 5.33. The summed E-state index contributed by atoms with van der Waals surface area (Å²) >= 11 is 0. The van der Waals surface area contributed by atoms with E-state index in [-0.39, 0.29) is 11.6 Å². The first kappa shape index (κ1) is 20.3. The van der Waals surface area contributed by atoms with Gasteiger partial charge in [-0.2, -0.15) is 0 Å². The smallest absolute Gasteiger partial charge is 0.261 e. The maximum Gasteiger partial charge on any atom is 0.261 e. The van der Waals surface area contributed by atoms with Gasteiger partial charge in [-0.1, -0.05) is 0 Å². The second-order valence-corrected chi connectivity index (χ2v) is 7.62. The van der Waals surface area contributed by atoms with E-state index < -0.39 is 26.6 Å². The van der Waals surface area contributed by atoms with Crippen molar-refractivity contribution < 1.29 is 26.7 Å². The molecular formula is C20H16F2N2O4S. The average molecular weight is 418 g/mol. The zero-order valence-corrected chi connectivity index (χ0v) is 16.0. The number of hydrogen-bond acceptors (Lipinski definition) is 4. The van der Waals surface area contributed by atoms with E-state index in [1.807, 2.05) is 0 Å². The van der Waals surface area contributed by atoms with E-state index in [4.69, 9.17) is 4.74 Å². The minimum atomic E-state index is -4.11. The van der Waals surface area contributed by atoms with Crippen LogP contribution in [-0.4, -0.2) is 21.4 Å². The molecule has 0 saturated heterocycles. The van der Waals surface area contributed by atoms with Gasteiger partial charge in [-0.05, 0) is 66.7 Å². The van der Waals surface area contributed by atoms with Crippen LogP contribution in [0.4, 0.5) is 20.2 Å². The molecule has 3 rings (SSSR count). The molecule has 0 aliphatic carbocycles. The highest BCUT2D eigenvalue weighted by Gasteiger charge is 2.17. The lowest BCUT2D eigenvalue weighted by Crippen LogP contribution is -2.14. The minimum absolute atomic E-state index is 0.163. The molecule has 0 aromatic heterocycles. The fourth-order valence-electron chi connectivity index (χ4n) is 2.43. The molecule has 0 heterocycles. The third-order valence-electron chi connectivity index (χ3n) is 3.95. The summed E-state index contributed by atoms with van der Waals surface area (Å²) in [6, 6.07) is 14.7. The number of sulfonamides is 1. The van der Waals surface area contributed by atoms with Crippen LogP contribution in [0.2, 0.25) is 0 Å². The standard InChI is InChI=1S/C20H16F2N2O4S/c1-28-16-8-6-14(7-9-16)23-20(25)13-2-4-15(5-3-13)24-29(26,27)17-10-11-18(21)19(22)12-17/h2-12,24H,1H3,(H,23,25). The van der Waals surface area contributed by atoms with Crippen molar-refractivity contribution >= 4 is 27.3 Å². The lowest BCUT2D eigenvalue weighted by atomic mass is 10.2. The molecule has 0 fully saturated rings. The zero-order valence-electron chi connectivity index (χ0n) is 15.1. The van der Waals surface area contributed by atoms with Crippen molar-refractivity contribution in [3.05, 3.63) is 83.9 Å². The van der Waals surface area contributed by atoms with Crippen LogP contribution in [-0.2, 0) is 10.0 Å². The molecule has 0 bridgehead atoms. The lowest BCUT2D eigenvalue weighted by Gasteiger charge is -2.10. The molecule has 9 heteroatoms. The molecule has 1 amide bonds. The molecule has 0 radical (unpaired) electrons. The quantitative estimate of drug-likeness (QED) is 0.633. The Morgan fingerprint density at radius 3 is 2.07 bits per heavy atom. The van der Waals surface area contributed by atoms with Crippen LogP contribution in [0.25, 0.3) is 0 Å². The van der Waals surface area contributed by atoms with Crippen molar-refractivity contribution in [1.82, 2.24) is 0 Å². The summed E-state index contributed by atoms with van der Waals surface area (Å²) in [7, 11) is -2.57. The fourth-order valence-corrected chi connectivity index (χ4v) is 3.50. The van der Waals surface area contributed by atoms with Crippen LogP contribution in [0.3, 0.4) is 0 Å². The second-order valence-electron chi connectivity index (χ2n) is 5.94. The molecule has 0 atom stereocenters. The number of carbonyl (C=O) groups excluding carboxylic acids is 1. The molecule has 0 saturated carbocycles. The maximum absolute atomic E-state index is 13.3. The van der Waals surface area contributed by atoms with E-state index in [2.05, 4.69) is 10.0 Å². The molecule has 2 N–H and O–H groups in total. The van der Waals surface area contributed by atoms with Crippen molar-refractivity contribution in [1.29, 1.82) is 0 Å². The topological polar surface area (TPSA) is 84.5 Å². The number of rotatable bonds is 6. The van der Waals surface area contributed by atoms with Crippen molar-refractivity contribution in [2.45, 2.75) is 4.90 Å². The van der Waals surface area contributed by atoms with Gasteiger partial charge in [0.15, 0.2) is 11.6 Å². The van der Waals surface area contributed by atoms with Crippen LogP contribution in [0.15, 0.2) is 71.6 Å². The van der Waals surface area contributed by atoms with E-state index in [9.17, 15) is 22.0 Å². The number of benzene rings is 3. The molecule has 0 aliphatic heterocycles. The van der Waals surface area contributed by atoms with E-state index in [0.717, 1.165) is 12.1 Å². The summed E-state index contributed by atoms with van der Waals surface area (Å²) in [5.74, 6) is -2.14. The highest BCUT2D eigenvalue weighted by molar-refractivity contribution is 7.92. The number of amides is 1. The van der Waals surface area contributed by atoms with Crippen LogP contribution < -0.4 is 14.8 Å². The molecule has 0 spiro atoms. The Kier molecular flexibility index (Phi) is 5.79. The first-order valence-corrected chi connectivity index (χ1v) is 9.80. The number of carbonyl (C=O) groups is 1. The van der Waals surface area contributed by atoms with Gasteiger partial charge in [0, 0.05) is 16.9 Å². The first-order valence-electron chi connectivity index (χ1n) is 8.32. The third kappa shape index (κ3) is 4.88. The summed E-state index contributed by atoms with van der Waals surface area (Å²) in [5, 5.41) is 2.70.